The van der Waals surface area contributed by atoms with Crippen molar-refractivity contribution in [2.24, 2.45) is 0 Å². The van der Waals surface area contributed by atoms with Crippen LogP contribution in [0.25, 0.3) is 0 Å². The first kappa shape index (κ1) is 13.7. The van der Waals surface area contributed by atoms with E-state index in [2.05, 4.69) is 26.1 Å². The third-order valence-electron chi connectivity index (χ3n) is 2.51. The zero-order valence-electron chi connectivity index (χ0n) is 10.1. The van der Waals surface area contributed by atoms with Gasteiger partial charge in [-0.05, 0) is 22.9 Å². The van der Waals surface area contributed by atoms with Crippen LogP contribution in [-0.4, -0.2) is 35.7 Å². The molecule has 0 fully saturated rings. The van der Waals surface area contributed by atoms with Crippen molar-refractivity contribution in [3.8, 4) is 0 Å². The average Bonchev–Trinajstić information content (AvgIpc) is 2.87. The highest BCUT2D eigenvalue weighted by Gasteiger charge is 2.13. The van der Waals surface area contributed by atoms with Gasteiger partial charge in [-0.2, -0.15) is 10.2 Å². The molecule has 1 unspecified atom stereocenters. The lowest BCUT2D eigenvalue weighted by Gasteiger charge is -2.10. The predicted octanol–water partition coefficient (Wildman–Crippen LogP) is 1.12. The van der Waals surface area contributed by atoms with Crippen molar-refractivity contribution < 1.29 is 10.0 Å². The van der Waals surface area contributed by atoms with Gasteiger partial charge in [-0.1, -0.05) is 0 Å². The number of aliphatic hydroxyl groups is 1. The highest BCUT2D eigenvalue weighted by atomic mass is 79.9. The van der Waals surface area contributed by atoms with E-state index < -0.39 is 11.0 Å². The molecule has 9 heteroatoms. The van der Waals surface area contributed by atoms with Gasteiger partial charge in [-0.15, -0.1) is 0 Å². The van der Waals surface area contributed by atoms with Crippen molar-refractivity contribution in [3.63, 3.8) is 0 Å². The highest BCUT2D eigenvalue weighted by Crippen LogP contribution is 2.14. The molecule has 0 saturated heterocycles. The van der Waals surface area contributed by atoms with Crippen LogP contribution in [0.3, 0.4) is 0 Å². The van der Waals surface area contributed by atoms with Crippen LogP contribution < -0.4 is 0 Å². The number of aryl methyl sites for hydroxylation is 1. The smallest absolute Gasteiger partial charge is 0.306 e. The van der Waals surface area contributed by atoms with E-state index in [9.17, 15) is 15.2 Å². The fourth-order valence-electron chi connectivity index (χ4n) is 1.62. The quantitative estimate of drug-likeness (QED) is 0.654. The second kappa shape index (κ2) is 5.49. The molecule has 0 aliphatic heterocycles. The van der Waals surface area contributed by atoms with E-state index in [4.69, 9.17) is 0 Å². The molecule has 0 radical (unpaired) electrons. The molecule has 102 valence electrons. The number of nitrogens with zero attached hydrogens (tertiary/aromatic N) is 5. The van der Waals surface area contributed by atoms with Crippen LogP contribution in [-0.2, 0) is 13.1 Å². The molecule has 0 aliphatic rings. The second-order valence-electron chi connectivity index (χ2n) is 4.12. The first-order valence-electron chi connectivity index (χ1n) is 5.50. The monoisotopic (exact) mass is 329 g/mol. The van der Waals surface area contributed by atoms with Crippen LogP contribution in [0, 0.1) is 17.0 Å². The molecule has 8 nitrogen and oxygen atoms in total. The Morgan fingerprint density at radius 3 is 2.68 bits per heavy atom. The lowest BCUT2D eigenvalue weighted by Crippen LogP contribution is -2.22. The van der Waals surface area contributed by atoms with Crippen LogP contribution in [0.5, 0.6) is 0 Å². The molecule has 0 aliphatic carbocycles. The minimum Gasteiger partial charge on any atom is -0.389 e. The predicted molar refractivity (Wildman–Crippen MR) is 69.6 cm³/mol. The topological polar surface area (TPSA) is 99.0 Å². The fourth-order valence-corrected chi connectivity index (χ4v) is 1.94. The number of nitro groups is 1. The zero-order valence-corrected chi connectivity index (χ0v) is 11.7. The standard InChI is InChI=1S/C10H12BrN5O3/c1-7-10(11)6-15(13-7)5-9(17)4-14-3-8(2-12-14)16(18)19/h2-3,6,9,17H,4-5H2,1H3. The van der Waals surface area contributed by atoms with Gasteiger partial charge in [-0.25, -0.2) is 0 Å². The lowest BCUT2D eigenvalue weighted by molar-refractivity contribution is -0.385. The minimum absolute atomic E-state index is 0.0927. The van der Waals surface area contributed by atoms with Crippen LogP contribution in [0.2, 0.25) is 0 Å². The third kappa shape index (κ3) is 3.38. The summed E-state index contributed by atoms with van der Waals surface area (Å²) in [5.74, 6) is 0. The Labute approximate surface area is 116 Å². The van der Waals surface area contributed by atoms with E-state index in [1.807, 2.05) is 6.92 Å². The Balaban J connectivity index is 1.96. The van der Waals surface area contributed by atoms with Crippen molar-refractivity contribution in [1.29, 1.82) is 0 Å². The summed E-state index contributed by atoms with van der Waals surface area (Å²) in [6.07, 6.45) is 3.48. The second-order valence-corrected chi connectivity index (χ2v) is 4.97. The van der Waals surface area contributed by atoms with Crippen LogP contribution in [0.1, 0.15) is 5.69 Å². The summed E-state index contributed by atoms with van der Waals surface area (Å²) in [5, 5.41) is 28.4. The molecule has 0 spiro atoms. The Hall–Kier alpha value is -1.74. The van der Waals surface area contributed by atoms with Crippen LogP contribution in [0.4, 0.5) is 5.69 Å². The molecule has 19 heavy (non-hydrogen) atoms. The molecule has 2 aromatic rings. The maximum atomic E-state index is 10.5. The number of aromatic nitrogens is 4. The molecule has 2 rings (SSSR count). The molecule has 0 amide bonds. The largest absolute Gasteiger partial charge is 0.389 e. The summed E-state index contributed by atoms with van der Waals surface area (Å²) < 4.78 is 3.82. The van der Waals surface area contributed by atoms with Gasteiger partial charge in [-0.3, -0.25) is 19.5 Å². The van der Waals surface area contributed by atoms with Crippen molar-refractivity contribution in [1.82, 2.24) is 19.6 Å². The normalized spacial score (nSPS) is 12.6. The molecule has 0 bridgehead atoms. The Bertz CT molecular complexity index is 574. The summed E-state index contributed by atoms with van der Waals surface area (Å²) >= 11 is 3.33. The van der Waals surface area contributed by atoms with E-state index in [-0.39, 0.29) is 12.2 Å². The number of hydrogen-bond donors (Lipinski definition) is 1. The number of aliphatic hydroxyl groups excluding tert-OH is 1. The summed E-state index contributed by atoms with van der Waals surface area (Å²) in [4.78, 5) is 9.98. The fraction of sp³-hybridized carbons (Fsp3) is 0.400. The molecule has 1 atom stereocenters. The lowest BCUT2D eigenvalue weighted by atomic mass is 10.3. The Morgan fingerprint density at radius 1 is 1.47 bits per heavy atom. The van der Waals surface area contributed by atoms with Crippen LogP contribution >= 0.6 is 15.9 Å². The van der Waals surface area contributed by atoms with Crippen molar-refractivity contribution in [2.75, 3.05) is 0 Å². The van der Waals surface area contributed by atoms with Gasteiger partial charge in [0.05, 0.1) is 34.3 Å². The first-order chi connectivity index (χ1) is 8.95. The maximum absolute atomic E-state index is 10.5. The van der Waals surface area contributed by atoms with Gasteiger partial charge in [0.1, 0.15) is 12.4 Å². The van der Waals surface area contributed by atoms with Crippen molar-refractivity contribution >= 4 is 21.6 Å². The average molecular weight is 330 g/mol. The summed E-state index contributed by atoms with van der Waals surface area (Å²) in [6.45, 7) is 2.31. The number of halogens is 1. The van der Waals surface area contributed by atoms with Gasteiger partial charge in [0.2, 0.25) is 0 Å². The maximum Gasteiger partial charge on any atom is 0.306 e. The summed E-state index contributed by atoms with van der Waals surface area (Å²) in [7, 11) is 0. The molecule has 1 N–H and O–H groups in total. The highest BCUT2D eigenvalue weighted by molar-refractivity contribution is 9.10. The molecule has 0 aromatic carbocycles. The molecule has 2 aromatic heterocycles. The van der Waals surface area contributed by atoms with Gasteiger partial charge >= 0.3 is 5.69 Å². The van der Waals surface area contributed by atoms with E-state index in [1.165, 1.54) is 10.9 Å². The summed E-state index contributed by atoms with van der Waals surface area (Å²) in [5.41, 5.74) is 0.742. The van der Waals surface area contributed by atoms with E-state index in [1.54, 1.807) is 10.9 Å². The first-order valence-corrected chi connectivity index (χ1v) is 6.29. The molecule has 0 saturated carbocycles. The Morgan fingerprint density at radius 2 is 2.16 bits per heavy atom. The third-order valence-corrected chi connectivity index (χ3v) is 3.29. The SMILES string of the molecule is Cc1nn(CC(O)Cn2cc([N+](=O)[O-])cn2)cc1Br. The van der Waals surface area contributed by atoms with Crippen molar-refractivity contribution in [3.05, 3.63) is 38.9 Å². The van der Waals surface area contributed by atoms with Crippen LogP contribution in [0.15, 0.2) is 23.1 Å². The van der Waals surface area contributed by atoms with Gasteiger partial charge in [0.15, 0.2) is 0 Å². The molecular weight excluding hydrogens is 318 g/mol. The van der Waals surface area contributed by atoms with E-state index >= 15 is 0 Å². The molecule has 2 heterocycles. The van der Waals surface area contributed by atoms with Gasteiger partial charge in [0, 0.05) is 6.20 Å². The van der Waals surface area contributed by atoms with E-state index in [0.717, 1.165) is 16.4 Å². The molecular formula is C10H12BrN5O3. The Kier molecular flexibility index (Phi) is 3.96. The number of hydrogen-bond acceptors (Lipinski definition) is 5. The minimum atomic E-state index is -0.731. The zero-order chi connectivity index (χ0) is 14.0. The number of rotatable bonds is 5. The van der Waals surface area contributed by atoms with E-state index in [0.29, 0.717) is 6.54 Å². The van der Waals surface area contributed by atoms with Gasteiger partial charge < -0.3 is 5.11 Å². The van der Waals surface area contributed by atoms with Crippen molar-refractivity contribution in [2.45, 2.75) is 26.1 Å². The summed E-state index contributed by atoms with van der Waals surface area (Å²) in [6, 6.07) is 0. The van der Waals surface area contributed by atoms with Gasteiger partial charge in [0.25, 0.3) is 0 Å².